The molecule has 5 rings (SSSR count). The maximum Gasteiger partial charge on any atom is 0.244 e. The molecule has 0 fully saturated rings. The molecule has 3 N–H and O–H groups in total. The molecule has 1 aliphatic heterocycles. The largest absolute Gasteiger partial charge is 0.340 e. The molecule has 0 unspecified atom stereocenters. The molecule has 0 saturated carbocycles. The lowest BCUT2D eigenvalue weighted by Crippen LogP contribution is -2.43. The number of benzene rings is 3. The third kappa shape index (κ3) is 4.63. The van der Waals surface area contributed by atoms with Gasteiger partial charge in [-0.15, -0.1) is 0 Å². The maximum atomic E-state index is 13.5. The Morgan fingerprint density at radius 3 is 2.06 bits per heavy atom. The van der Waals surface area contributed by atoms with E-state index in [1.54, 1.807) is 29.2 Å². The molecular formula is C26H22F3N5O. The second kappa shape index (κ2) is 9.27. The van der Waals surface area contributed by atoms with Gasteiger partial charge < -0.3 is 20.5 Å². The quantitative estimate of drug-likeness (QED) is 0.435. The van der Waals surface area contributed by atoms with Crippen LogP contribution in [0.3, 0.4) is 0 Å². The molecule has 0 aliphatic carbocycles. The van der Waals surface area contributed by atoms with Gasteiger partial charge in [0.1, 0.15) is 40.8 Å². The molecule has 6 nitrogen and oxygen atoms in total. The molecule has 0 spiro atoms. The van der Waals surface area contributed by atoms with E-state index in [-0.39, 0.29) is 24.1 Å². The van der Waals surface area contributed by atoms with Gasteiger partial charge in [-0.05, 0) is 66.2 Å². The first-order chi connectivity index (χ1) is 16.9. The fraction of sp³-hybridized carbons (Fsp3) is 0.154. The molecule has 0 saturated heterocycles. The van der Waals surface area contributed by atoms with E-state index < -0.39 is 11.9 Å². The van der Waals surface area contributed by atoms with E-state index in [0.29, 0.717) is 47.2 Å². The predicted octanol–water partition coefficient (Wildman–Crippen LogP) is 4.75. The van der Waals surface area contributed by atoms with Crippen molar-refractivity contribution in [2.75, 3.05) is 11.9 Å². The molecule has 178 valence electrons. The minimum Gasteiger partial charge on any atom is -0.340 e. The number of halogens is 3. The van der Waals surface area contributed by atoms with Gasteiger partial charge >= 0.3 is 0 Å². The van der Waals surface area contributed by atoms with Crippen molar-refractivity contribution in [3.05, 3.63) is 102 Å². The van der Waals surface area contributed by atoms with Gasteiger partial charge in [-0.1, -0.05) is 12.1 Å². The topological polar surface area (TPSA) is 76.2 Å². The number of rotatable bonds is 5. The van der Waals surface area contributed by atoms with E-state index in [2.05, 4.69) is 5.32 Å². The molecule has 1 aromatic heterocycles. The SMILES string of the molecule is N[C@H](C(=O)N1CCn2c(nc(-c3ccc(F)cc3)c2Nc2ccc(F)cc2)C1)c1ccc(F)cc1. The smallest absolute Gasteiger partial charge is 0.244 e. The number of carbonyl (C=O) groups is 1. The van der Waals surface area contributed by atoms with Crippen molar-refractivity contribution in [2.24, 2.45) is 5.73 Å². The highest BCUT2D eigenvalue weighted by molar-refractivity contribution is 5.83. The Morgan fingerprint density at radius 1 is 0.857 bits per heavy atom. The van der Waals surface area contributed by atoms with E-state index in [1.165, 1.54) is 48.5 Å². The van der Waals surface area contributed by atoms with Crippen LogP contribution in [-0.2, 0) is 17.9 Å². The molecule has 35 heavy (non-hydrogen) atoms. The molecule has 2 heterocycles. The summed E-state index contributed by atoms with van der Waals surface area (Å²) in [6.07, 6.45) is 0. The average molecular weight is 477 g/mol. The molecule has 1 amide bonds. The summed E-state index contributed by atoms with van der Waals surface area (Å²) in [4.78, 5) is 19.5. The van der Waals surface area contributed by atoms with Gasteiger partial charge in [0.2, 0.25) is 5.91 Å². The maximum absolute atomic E-state index is 13.5. The molecule has 3 aromatic carbocycles. The fourth-order valence-electron chi connectivity index (χ4n) is 4.13. The van der Waals surface area contributed by atoms with E-state index in [4.69, 9.17) is 10.7 Å². The highest BCUT2D eigenvalue weighted by Gasteiger charge is 2.30. The summed E-state index contributed by atoms with van der Waals surface area (Å²) < 4.78 is 42.1. The number of fused-ring (bicyclic) bond motifs is 1. The van der Waals surface area contributed by atoms with Gasteiger partial charge in [0.15, 0.2) is 0 Å². The fourth-order valence-corrected chi connectivity index (χ4v) is 4.13. The number of amides is 1. The van der Waals surface area contributed by atoms with Crippen LogP contribution in [0.15, 0.2) is 72.8 Å². The van der Waals surface area contributed by atoms with Crippen molar-refractivity contribution in [2.45, 2.75) is 19.1 Å². The first-order valence-corrected chi connectivity index (χ1v) is 11.1. The van der Waals surface area contributed by atoms with Crippen LogP contribution in [0.2, 0.25) is 0 Å². The van der Waals surface area contributed by atoms with E-state index in [1.807, 2.05) is 4.57 Å². The van der Waals surface area contributed by atoms with E-state index in [9.17, 15) is 18.0 Å². The zero-order chi connectivity index (χ0) is 24.5. The average Bonchev–Trinajstić information content (AvgIpc) is 3.23. The third-order valence-electron chi connectivity index (χ3n) is 6.00. The van der Waals surface area contributed by atoms with Crippen molar-refractivity contribution in [3.63, 3.8) is 0 Å². The Kier molecular flexibility index (Phi) is 6.00. The summed E-state index contributed by atoms with van der Waals surface area (Å²) >= 11 is 0. The second-order valence-electron chi connectivity index (χ2n) is 8.30. The molecule has 1 atom stereocenters. The second-order valence-corrected chi connectivity index (χ2v) is 8.30. The minimum atomic E-state index is -0.925. The Hall–Kier alpha value is -4.11. The number of nitrogens with one attached hydrogen (secondary N) is 1. The van der Waals surface area contributed by atoms with Crippen molar-refractivity contribution in [1.82, 2.24) is 14.5 Å². The van der Waals surface area contributed by atoms with Crippen molar-refractivity contribution >= 4 is 17.4 Å². The number of imidazole rings is 1. The molecule has 1 aliphatic rings. The summed E-state index contributed by atoms with van der Waals surface area (Å²) in [7, 11) is 0. The van der Waals surface area contributed by atoms with E-state index >= 15 is 0 Å². The lowest BCUT2D eigenvalue weighted by molar-refractivity contribution is -0.134. The van der Waals surface area contributed by atoms with Crippen LogP contribution >= 0.6 is 0 Å². The first-order valence-electron chi connectivity index (χ1n) is 11.1. The van der Waals surface area contributed by atoms with Crippen molar-refractivity contribution in [3.8, 4) is 11.3 Å². The van der Waals surface area contributed by atoms with Gasteiger partial charge in [0.05, 0.1) is 6.54 Å². The van der Waals surface area contributed by atoms with Crippen LogP contribution in [0.5, 0.6) is 0 Å². The summed E-state index contributed by atoms with van der Waals surface area (Å²) in [6.45, 7) is 1.04. The molecular weight excluding hydrogens is 455 g/mol. The Balaban J connectivity index is 1.46. The van der Waals surface area contributed by atoms with Crippen LogP contribution in [0.25, 0.3) is 11.3 Å². The number of aromatic nitrogens is 2. The Labute approximate surface area is 199 Å². The van der Waals surface area contributed by atoms with Gasteiger partial charge in [-0.2, -0.15) is 0 Å². The van der Waals surface area contributed by atoms with Crippen LogP contribution in [0.1, 0.15) is 17.4 Å². The highest BCUT2D eigenvalue weighted by atomic mass is 19.1. The van der Waals surface area contributed by atoms with Gasteiger partial charge in [0, 0.05) is 24.3 Å². The summed E-state index contributed by atoms with van der Waals surface area (Å²) in [6, 6.07) is 16.5. The Morgan fingerprint density at radius 2 is 1.43 bits per heavy atom. The lowest BCUT2D eigenvalue weighted by Gasteiger charge is -2.30. The van der Waals surface area contributed by atoms with Crippen molar-refractivity contribution < 1.29 is 18.0 Å². The van der Waals surface area contributed by atoms with Crippen LogP contribution in [0, 0.1) is 17.5 Å². The zero-order valence-electron chi connectivity index (χ0n) is 18.6. The van der Waals surface area contributed by atoms with Crippen molar-refractivity contribution in [1.29, 1.82) is 0 Å². The van der Waals surface area contributed by atoms with Crippen LogP contribution < -0.4 is 11.1 Å². The Bertz CT molecular complexity index is 1350. The molecule has 0 bridgehead atoms. The number of anilines is 2. The van der Waals surface area contributed by atoms with Crippen LogP contribution in [-0.4, -0.2) is 26.9 Å². The highest BCUT2D eigenvalue weighted by Crippen LogP contribution is 2.33. The van der Waals surface area contributed by atoms with Crippen LogP contribution in [0.4, 0.5) is 24.7 Å². The normalized spacial score (nSPS) is 13.9. The number of nitrogens with two attached hydrogens (primary N) is 1. The predicted molar refractivity (Wildman–Crippen MR) is 126 cm³/mol. The van der Waals surface area contributed by atoms with Gasteiger partial charge in [-0.3, -0.25) is 4.79 Å². The lowest BCUT2D eigenvalue weighted by atomic mass is 10.1. The number of hydrogen-bond acceptors (Lipinski definition) is 4. The third-order valence-corrected chi connectivity index (χ3v) is 6.00. The molecule has 4 aromatic rings. The molecule has 9 heteroatoms. The van der Waals surface area contributed by atoms with Gasteiger partial charge in [0.25, 0.3) is 0 Å². The van der Waals surface area contributed by atoms with Gasteiger partial charge in [-0.25, -0.2) is 18.2 Å². The number of hydrogen-bond donors (Lipinski definition) is 2. The standard InChI is InChI=1S/C26H22F3N5O/c27-18-5-1-16(2-6-18)23(30)26(35)33-13-14-34-22(15-33)32-24(17-3-7-19(28)8-4-17)25(34)31-21-11-9-20(29)10-12-21/h1-12,23,31H,13-15,30H2/t23-/m0/s1. The summed E-state index contributed by atoms with van der Waals surface area (Å²) in [5.41, 5.74) is 8.64. The monoisotopic (exact) mass is 477 g/mol. The zero-order valence-corrected chi connectivity index (χ0v) is 18.6. The minimum absolute atomic E-state index is 0.215. The number of nitrogens with zero attached hydrogens (tertiary/aromatic N) is 3. The summed E-state index contributed by atoms with van der Waals surface area (Å²) in [5, 5.41) is 3.30. The number of carbonyl (C=O) groups excluding carboxylic acids is 1. The molecule has 0 radical (unpaired) electrons. The summed E-state index contributed by atoms with van der Waals surface area (Å²) in [5.74, 6) is -0.119. The first kappa shape index (κ1) is 22.7. The van der Waals surface area contributed by atoms with E-state index in [0.717, 1.165) is 0 Å².